The lowest BCUT2D eigenvalue weighted by Crippen LogP contribution is -2.49. The van der Waals surface area contributed by atoms with Gasteiger partial charge in [-0.25, -0.2) is 0 Å². The van der Waals surface area contributed by atoms with E-state index >= 15 is 0 Å². The molecule has 0 unspecified atom stereocenters. The van der Waals surface area contributed by atoms with Crippen LogP contribution in [-0.2, 0) is 9.53 Å². The van der Waals surface area contributed by atoms with Gasteiger partial charge in [0.25, 0.3) is 0 Å². The van der Waals surface area contributed by atoms with E-state index in [4.69, 9.17) is 4.74 Å². The molecule has 15 heavy (non-hydrogen) atoms. The molecular weight excluding hydrogens is 192 g/mol. The van der Waals surface area contributed by atoms with Gasteiger partial charge in [-0.1, -0.05) is 6.92 Å². The van der Waals surface area contributed by atoms with Gasteiger partial charge in [-0.2, -0.15) is 0 Å². The number of carbonyl (C=O) groups excluding carboxylic acids is 1. The van der Waals surface area contributed by atoms with Gasteiger partial charge < -0.3 is 15.4 Å². The molecule has 0 aromatic carbocycles. The summed E-state index contributed by atoms with van der Waals surface area (Å²) >= 11 is 0. The monoisotopic (exact) mass is 214 g/mol. The lowest BCUT2D eigenvalue weighted by Gasteiger charge is -2.28. The number of ether oxygens (including phenoxy) is 1. The van der Waals surface area contributed by atoms with Crippen molar-refractivity contribution in [1.82, 2.24) is 10.6 Å². The Morgan fingerprint density at radius 1 is 1.53 bits per heavy atom. The van der Waals surface area contributed by atoms with Crippen LogP contribution in [0.5, 0.6) is 0 Å². The van der Waals surface area contributed by atoms with E-state index in [0.717, 1.165) is 19.5 Å². The highest BCUT2D eigenvalue weighted by Gasteiger charge is 2.19. The molecule has 4 nitrogen and oxygen atoms in total. The summed E-state index contributed by atoms with van der Waals surface area (Å²) in [5, 5.41) is 6.10. The van der Waals surface area contributed by atoms with Crippen LogP contribution >= 0.6 is 0 Å². The molecular formula is C11H22N2O2. The maximum absolute atomic E-state index is 11.5. The van der Waals surface area contributed by atoms with Gasteiger partial charge >= 0.3 is 0 Å². The van der Waals surface area contributed by atoms with Crippen molar-refractivity contribution in [2.24, 2.45) is 0 Å². The summed E-state index contributed by atoms with van der Waals surface area (Å²) in [7, 11) is 0. The highest BCUT2D eigenvalue weighted by atomic mass is 16.5. The molecule has 0 radical (unpaired) electrons. The zero-order valence-corrected chi connectivity index (χ0v) is 9.93. The van der Waals surface area contributed by atoms with E-state index in [1.165, 1.54) is 0 Å². The Kier molecular flexibility index (Phi) is 4.54. The molecule has 1 heterocycles. The first kappa shape index (κ1) is 12.5. The summed E-state index contributed by atoms with van der Waals surface area (Å²) < 4.78 is 5.47. The van der Waals surface area contributed by atoms with Crippen LogP contribution in [0.2, 0.25) is 0 Å². The topological polar surface area (TPSA) is 50.4 Å². The minimum Gasteiger partial charge on any atom is -0.375 e. The van der Waals surface area contributed by atoms with Crippen LogP contribution in [-0.4, -0.2) is 37.2 Å². The predicted octanol–water partition coefficient (Wildman–Crippen LogP) is 0.670. The van der Waals surface area contributed by atoms with E-state index in [0.29, 0.717) is 19.1 Å². The fourth-order valence-electron chi connectivity index (χ4n) is 1.23. The van der Waals surface area contributed by atoms with Crippen molar-refractivity contribution in [3.63, 3.8) is 0 Å². The van der Waals surface area contributed by atoms with E-state index in [9.17, 15) is 4.79 Å². The van der Waals surface area contributed by atoms with Gasteiger partial charge in [0, 0.05) is 25.0 Å². The first-order valence-corrected chi connectivity index (χ1v) is 5.67. The second-order valence-corrected chi connectivity index (χ2v) is 4.69. The zero-order valence-electron chi connectivity index (χ0n) is 9.93. The molecule has 88 valence electrons. The zero-order chi connectivity index (χ0) is 11.3. The Balaban J connectivity index is 2.07. The van der Waals surface area contributed by atoms with Gasteiger partial charge in [0.1, 0.15) is 0 Å². The number of rotatable bonds is 6. The molecule has 0 aromatic heterocycles. The average molecular weight is 214 g/mol. The van der Waals surface area contributed by atoms with Crippen molar-refractivity contribution in [3.8, 4) is 0 Å². The molecule has 0 spiro atoms. The summed E-state index contributed by atoms with van der Waals surface area (Å²) in [4.78, 5) is 11.5. The SMILES string of the molecule is CCC(C)(C)NC(=O)CCOC1CNC1. The molecule has 0 aliphatic carbocycles. The summed E-state index contributed by atoms with van der Waals surface area (Å²) in [6.07, 6.45) is 1.71. The number of amides is 1. The molecule has 1 rings (SSSR count). The third kappa shape index (κ3) is 4.62. The fraction of sp³-hybridized carbons (Fsp3) is 0.909. The van der Waals surface area contributed by atoms with Gasteiger partial charge in [-0.05, 0) is 20.3 Å². The molecule has 0 saturated carbocycles. The average Bonchev–Trinajstić information content (AvgIpc) is 2.09. The van der Waals surface area contributed by atoms with Crippen molar-refractivity contribution in [1.29, 1.82) is 0 Å². The number of hydrogen-bond acceptors (Lipinski definition) is 3. The molecule has 0 atom stereocenters. The van der Waals surface area contributed by atoms with Gasteiger partial charge in [-0.3, -0.25) is 4.79 Å². The fourth-order valence-corrected chi connectivity index (χ4v) is 1.23. The van der Waals surface area contributed by atoms with Crippen molar-refractivity contribution in [3.05, 3.63) is 0 Å². The standard InChI is InChI=1S/C11H22N2O2/c1-4-11(2,3)13-10(14)5-6-15-9-7-12-8-9/h9,12H,4-8H2,1-3H3,(H,13,14). The highest BCUT2D eigenvalue weighted by Crippen LogP contribution is 2.07. The van der Waals surface area contributed by atoms with Crippen molar-refractivity contribution >= 4 is 5.91 Å². The quantitative estimate of drug-likeness (QED) is 0.683. The van der Waals surface area contributed by atoms with Crippen LogP contribution in [0.1, 0.15) is 33.6 Å². The van der Waals surface area contributed by atoms with Gasteiger partial charge in [0.05, 0.1) is 12.7 Å². The lowest BCUT2D eigenvalue weighted by molar-refractivity contribution is -0.124. The summed E-state index contributed by atoms with van der Waals surface area (Å²) in [6.45, 7) is 8.49. The number of hydrogen-bond donors (Lipinski definition) is 2. The molecule has 1 aliphatic heterocycles. The largest absolute Gasteiger partial charge is 0.375 e. The third-order valence-electron chi connectivity index (χ3n) is 2.79. The minimum atomic E-state index is -0.102. The van der Waals surface area contributed by atoms with E-state index in [2.05, 4.69) is 17.6 Å². The molecule has 4 heteroatoms. The van der Waals surface area contributed by atoms with Gasteiger partial charge in [0.2, 0.25) is 5.91 Å². The highest BCUT2D eigenvalue weighted by molar-refractivity contribution is 5.76. The summed E-state index contributed by atoms with van der Waals surface area (Å²) in [5.74, 6) is 0.0779. The summed E-state index contributed by atoms with van der Waals surface area (Å²) in [5.41, 5.74) is -0.102. The normalized spacial score (nSPS) is 17.3. The minimum absolute atomic E-state index is 0.0779. The Morgan fingerprint density at radius 2 is 2.20 bits per heavy atom. The Bertz CT molecular complexity index is 213. The molecule has 0 bridgehead atoms. The smallest absolute Gasteiger partial charge is 0.222 e. The maximum atomic E-state index is 11.5. The van der Waals surface area contributed by atoms with E-state index < -0.39 is 0 Å². The lowest BCUT2D eigenvalue weighted by atomic mass is 10.0. The second kappa shape index (κ2) is 5.47. The predicted molar refractivity (Wildman–Crippen MR) is 59.7 cm³/mol. The number of carbonyl (C=O) groups is 1. The van der Waals surface area contributed by atoms with Gasteiger partial charge in [0.15, 0.2) is 0 Å². The van der Waals surface area contributed by atoms with Crippen molar-refractivity contribution in [2.45, 2.75) is 45.3 Å². The Labute approximate surface area is 91.8 Å². The van der Waals surface area contributed by atoms with E-state index in [1.807, 2.05) is 13.8 Å². The van der Waals surface area contributed by atoms with Crippen LogP contribution in [0.4, 0.5) is 0 Å². The molecule has 0 aromatic rings. The molecule has 2 N–H and O–H groups in total. The molecule has 1 aliphatic rings. The van der Waals surface area contributed by atoms with Crippen molar-refractivity contribution in [2.75, 3.05) is 19.7 Å². The van der Waals surface area contributed by atoms with Crippen LogP contribution in [0.25, 0.3) is 0 Å². The molecule has 1 saturated heterocycles. The second-order valence-electron chi connectivity index (χ2n) is 4.69. The summed E-state index contributed by atoms with van der Waals surface area (Å²) in [6, 6.07) is 0. The van der Waals surface area contributed by atoms with E-state index in [1.54, 1.807) is 0 Å². The first-order valence-electron chi connectivity index (χ1n) is 5.67. The van der Waals surface area contributed by atoms with Crippen LogP contribution in [0.3, 0.4) is 0 Å². The maximum Gasteiger partial charge on any atom is 0.222 e. The van der Waals surface area contributed by atoms with Crippen LogP contribution in [0.15, 0.2) is 0 Å². The molecule has 1 amide bonds. The van der Waals surface area contributed by atoms with Crippen LogP contribution in [0, 0.1) is 0 Å². The van der Waals surface area contributed by atoms with Crippen LogP contribution < -0.4 is 10.6 Å². The first-order chi connectivity index (χ1) is 7.03. The Hall–Kier alpha value is -0.610. The van der Waals surface area contributed by atoms with Gasteiger partial charge in [-0.15, -0.1) is 0 Å². The van der Waals surface area contributed by atoms with E-state index in [-0.39, 0.29) is 11.4 Å². The number of nitrogens with one attached hydrogen (secondary N) is 2. The van der Waals surface area contributed by atoms with Crippen molar-refractivity contribution < 1.29 is 9.53 Å². The Morgan fingerprint density at radius 3 is 2.67 bits per heavy atom. The third-order valence-corrected chi connectivity index (χ3v) is 2.79. The molecule has 1 fully saturated rings.